The molecular formula is C30H29N7O4S. The molecule has 0 saturated heterocycles. The van der Waals surface area contributed by atoms with E-state index in [1.54, 1.807) is 24.3 Å². The van der Waals surface area contributed by atoms with Crippen LogP contribution in [0.15, 0.2) is 67.5 Å². The highest BCUT2D eigenvalue weighted by Crippen LogP contribution is 2.49. The molecule has 1 fully saturated rings. The lowest BCUT2D eigenvalue weighted by Gasteiger charge is -2.35. The maximum absolute atomic E-state index is 14.0. The molecule has 0 aliphatic heterocycles. The topological polar surface area (TPSA) is 188 Å². The predicted molar refractivity (Wildman–Crippen MR) is 159 cm³/mol. The lowest BCUT2D eigenvalue weighted by atomic mass is 9.72. The number of hydrogen-bond acceptors (Lipinski definition) is 10. The van der Waals surface area contributed by atoms with Crippen LogP contribution in [0.4, 0.5) is 5.69 Å². The Bertz CT molecular complexity index is 1720. The Hall–Kier alpha value is -4.65. The van der Waals surface area contributed by atoms with Gasteiger partial charge >= 0.3 is 0 Å². The molecule has 2 aromatic carbocycles. The van der Waals surface area contributed by atoms with E-state index in [1.807, 2.05) is 18.2 Å². The summed E-state index contributed by atoms with van der Waals surface area (Å²) in [6, 6.07) is 10.7. The summed E-state index contributed by atoms with van der Waals surface area (Å²) in [5.74, 6) is -0.412. The molecule has 2 aliphatic rings. The van der Waals surface area contributed by atoms with Crippen LogP contribution in [0.5, 0.6) is 11.6 Å². The molecule has 0 spiro atoms. The summed E-state index contributed by atoms with van der Waals surface area (Å²) < 4.78 is 6.34. The number of hydrogen-bond donors (Lipinski definition) is 5. The van der Waals surface area contributed by atoms with Gasteiger partial charge in [-0.25, -0.2) is 4.98 Å². The van der Waals surface area contributed by atoms with Crippen molar-refractivity contribution in [2.75, 3.05) is 5.73 Å². The predicted octanol–water partition coefficient (Wildman–Crippen LogP) is 2.80. The third-order valence-electron chi connectivity index (χ3n) is 7.86. The zero-order valence-electron chi connectivity index (χ0n) is 22.5. The summed E-state index contributed by atoms with van der Waals surface area (Å²) in [5.41, 5.74) is 19.5. The summed E-state index contributed by atoms with van der Waals surface area (Å²) in [6.07, 6.45) is 6.26. The van der Waals surface area contributed by atoms with Crippen LogP contribution in [0.3, 0.4) is 0 Å². The van der Waals surface area contributed by atoms with E-state index in [4.69, 9.17) is 21.9 Å². The average Bonchev–Trinajstić information content (AvgIpc) is 3.61. The zero-order valence-corrected chi connectivity index (χ0v) is 23.3. The summed E-state index contributed by atoms with van der Waals surface area (Å²) in [7, 11) is 0. The number of Topliss-reactive ketones (excluding diaryl/α,β-unsaturated/α-hetero) is 1. The van der Waals surface area contributed by atoms with Gasteiger partial charge in [0, 0.05) is 28.7 Å². The number of ketones is 1. The van der Waals surface area contributed by atoms with Crippen LogP contribution in [0.1, 0.15) is 51.8 Å². The van der Waals surface area contributed by atoms with Crippen molar-refractivity contribution in [3.05, 3.63) is 89.2 Å². The number of aromatic nitrogens is 2. The summed E-state index contributed by atoms with van der Waals surface area (Å²) in [5, 5.41) is 6.48. The van der Waals surface area contributed by atoms with Gasteiger partial charge in [0.1, 0.15) is 11.3 Å². The first-order chi connectivity index (χ1) is 20.2. The quantitative estimate of drug-likeness (QED) is 0.161. The lowest BCUT2D eigenvalue weighted by molar-refractivity contribution is -0.125. The number of anilines is 1. The fourth-order valence-corrected chi connectivity index (χ4v) is 6.98. The average molecular weight is 584 g/mol. The molecule has 11 nitrogen and oxygen atoms in total. The molecule has 2 aliphatic carbocycles. The number of rotatable bonds is 7. The van der Waals surface area contributed by atoms with Gasteiger partial charge in [-0.1, -0.05) is 30.8 Å². The molecule has 8 N–H and O–H groups in total. The number of nitrogens with one attached hydrogen (secondary N) is 2. The molecule has 4 atom stereocenters. The van der Waals surface area contributed by atoms with Gasteiger partial charge < -0.3 is 32.6 Å². The van der Waals surface area contributed by atoms with Crippen LogP contribution < -0.4 is 32.6 Å². The molecule has 0 bridgehead atoms. The Morgan fingerprint density at radius 2 is 1.81 bits per heavy atom. The fraction of sp³-hybridized carbons (Fsp3) is 0.233. The van der Waals surface area contributed by atoms with Crippen LogP contribution in [-0.4, -0.2) is 39.6 Å². The van der Waals surface area contributed by atoms with Crippen molar-refractivity contribution in [1.82, 2.24) is 20.6 Å². The van der Waals surface area contributed by atoms with Gasteiger partial charge in [0.2, 0.25) is 11.8 Å². The van der Waals surface area contributed by atoms with Crippen molar-refractivity contribution in [3.8, 4) is 11.6 Å². The third-order valence-corrected chi connectivity index (χ3v) is 9.12. The first-order valence-corrected chi connectivity index (χ1v) is 14.3. The minimum atomic E-state index is -1.74. The SMILES string of the molecule is C=CC(=O)N[C@@H]1CCC[C@H]1NC(=O)c1sc2c(N)ccc3c2c1C(N)C(=O)C3(N)c1cnc(Oc2ccccc2)cn1. The molecule has 12 heteroatoms. The molecular weight excluding hydrogens is 554 g/mol. The molecule has 2 heterocycles. The van der Waals surface area contributed by atoms with Crippen LogP contribution >= 0.6 is 11.3 Å². The van der Waals surface area contributed by atoms with Crippen LogP contribution in [0.2, 0.25) is 0 Å². The van der Waals surface area contributed by atoms with Gasteiger partial charge in [0.15, 0.2) is 5.78 Å². The monoisotopic (exact) mass is 583 g/mol. The highest BCUT2D eigenvalue weighted by Gasteiger charge is 2.50. The second-order valence-corrected chi connectivity index (χ2v) is 11.4. The zero-order chi connectivity index (χ0) is 29.6. The summed E-state index contributed by atoms with van der Waals surface area (Å²) in [4.78, 5) is 48.6. The molecule has 4 aromatic rings. The Morgan fingerprint density at radius 3 is 2.50 bits per heavy atom. The Kier molecular flexibility index (Phi) is 6.97. The number of benzene rings is 2. The van der Waals surface area contributed by atoms with Crippen molar-refractivity contribution >= 4 is 44.7 Å². The number of amides is 2. The highest BCUT2D eigenvalue weighted by molar-refractivity contribution is 7.21. The molecule has 214 valence electrons. The van der Waals surface area contributed by atoms with E-state index in [0.717, 1.165) is 24.2 Å². The Morgan fingerprint density at radius 1 is 1.07 bits per heavy atom. The number of nitrogens with zero attached hydrogens (tertiary/aromatic N) is 2. The van der Waals surface area contributed by atoms with E-state index >= 15 is 0 Å². The molecule has 2 amide bonds. The van der Waals surface area contributed by atoms with E-state index in [-0.39, 0.29) is 34.4 Å². The minimum absolute atomic E-state index is 0.184. The number of nitrogens with two attached hydrogens (primary N) is 3. The van der Waals surface area contributed by atoms with Gasteiger partial charge in [-0.15, -0.1) is 11.3 Å². The first kappa shape index (κ1) is 27.5. The molecule has 42 heavy (non-hydrogen) atoms. The third kappa shape index (κ3) is 4.49. The van der Waals surface area contributed by atoms with Crippen molar-refractivity contribution in [2.24, 2.45) is 11.5 Å². The number of carbonyl (C=O) groups excluding carboxylic acids is 3. The van der Waals surface area contributed by atoms with Crippen molar-refractivity contribution < 1.29 is 19.1 Å². The van der Waals surface area contributed by atoms with Crippen molar-refractivity contribution in [2.45, 2.75) is 42.9 Å². The maximum atomic E-state index is 14.0. The standard InChI is InChI=1S/C30H29N7O4S/c1-2-21(38)36-18-9-6-10-19(18)37-29(40)27-24-23-16(11-12-17(31)26(23)42-27)30(33,28(39)25(24)32)20-13-35-22(14-34-20)41-15-7-4-3-5-8-15/h2-5,7-8,11-14,18-19,25H,1,6,9-10,31-33H2,(H,36,38)(H,37,40)/t18-,19-,25?,30?/m1/s1. The molecule has 2 aromatic heterocycles. The first-order valence-electron chi connectivity index (χ1n) is 13.5. The van der Waals surface area contributed by atoms with E-state index in [0.29, 0.717) is 39.1 Å². The molecule has 2 unspecified atom stereocenters. The van der Waals surface area contributed by atoms with E-state index < -0.39 is 23.3 Å². The van der Waals surface area contributed by atoms with Gasteiger partial charge in [-0.2, -0.15) is 0 Å². The Labute approximate surface area is 245 Å². The second-order valence-electron chi connectivity index (χ2n) is 10.4. The number of nitrogen functional groups attached to an aromatic ring is 1. The molecule has 6 rings (SSSR count). The van der Waals surface area contributed by atoms with Crippen molar-refractivity contribution in [1.29, 1.82) is 0 Å². The second kappa shape index (κ2) is 10.6. The van der Waals surface area contributed by atoms with Crippen molar-refractivity contribution in [3.63, 3.8) is 0 Å². The maximum Gasteiger partial charge on any atom is 0.262 e. The highest BCUT2D eigenvalue weighted by atomic mass is 32.1. The van der Waals surface area contributed by atoms with Crippen LogP contribution in [0, 0.1) is 0 Å². The number of thiophene rings is 1. The van der Waals surface area contributed by atoms with Gasteiger partial charge in [-0.3, -0.25) is 19.4 Å². The van der Waals surface area contributed by atoms with Gasteiger partial charge in [0.25, 0.3) is 5.91 Å². The van der Waals surface area contributed by atoms with Gasteiger partial charge in [-0.05, 0) is 49.1 Å². The minimum Gasteiger partial charge on any atom is -0.438 e. The van der Waals surface area contributed by atoms with Crippen LogP contribution in [0.25, 0.3) is 10.1 Å². The Balaban J connectivity index is 1.37. The van der Waals surface area contributed by atoms with E-state index in [9.17, 15) is 14.4 Å². The fourth-order valence-electron chi connectivity index (χ4n) is 5.78. The number of para-hydroxylation sites is 1. The lowest BCUT2D eigenvalue weighted by Crippen LogP contribution is -2.53. The largest absolute Gasteiger partial charge is 0.438 e. The molecule has 0 radical (unpaired) electrons. The smallest absolute Gasteiger partial charge is 0.262 e. The van der Waals surface area contributed by atoms with Gasteiger partial charge in [0.05, 0.1) is 33.7 Å². The molecule has 1 saturated carbocycles. The normalized spacial score (nSPS) is 23.0. The number of carbonyl (C=O) groups is 3. The van der Waals surface area contributed by atoms with E-state index in [2.05, 4.69) is 27.2 Å². The van der Waals surface area contributed by atoms with Crippen LogP contribution in [-0.2, 0) is 15.1 Å². The number of ether oxygens (including phenoxy) is 1. The van der Waals surface area contributed by atoms with E-state index in [1.165, 1.54) is 18.5 Å². The summed E-state index contributed by atoms with van der Waals surface area (Å²) >= 11 is 1.16. The summed E-state index contributed by atoms with van der Waals surface area (Å²) in [6.45, 7) is 3.50.